The van der Waals surface area contributed by atoms with Gasteiger partial charge in [-0.15, -0.1) is 0 Å². The summed E-state index contributed by atoms with van der Waals surface area (Å²) in [4.78, 5) is 0. The Morgan fingerprint density at radius 1 is 0.750 bits per heavy atom. The fraction of sp³-hybridized carbons (Fsp3) is 0.750. The van der Waals surface area contributed by atoms with E-state index in [9.17, 15) is 0 Å². The van der Waals surface area contributed by atoms with Crippen LogP contribution >= 0.6 is 0 Å². The quantitative estimate of drug-likeness (QED) is 0.504. The van der Waals surface area contributed by atoms with Crippen LogP contribution in [0, 0.1) is 6.42 Å². The van der Waals surface area contributed by atoms with Crippen molar-refractivity contribution in [2.24, 2.45) is 0 Å². The van der Waals surface area contributed by atoms with Crippen LogP contribution in [0.5, 0.6) is 0 Å². The Labute approximate surface area is 77.1 Å². The lowest BCUT2D eigenvalue weighted by Crippen LogP contribution is -1.83. The molecule has 0 fully saturated rings. The Morgan fingerprint density at radius 3 is 2.25 bits per heavy atom. The molecule has 0 heterocycles. The van der Waals surface area contributed by atoms with Gasteiger partial charge in [-0.3, -0.25) is 0 Å². The molecule has 0 bridgehead atoms. The molecule has 0 heteroatoms. The van der Waals surface area contributed by atoms with Crippen LogP contribution < -0.4 is 0 Å². The van der Waals surface area contributed by atoms with E-state index in [0.29, 0.717) is 0 Å². The summed E-state index contributed by atoms with van der Waals surface area (Å²) in [5, 5.41) is 0. The van der Waals surface area contributed by atoms with Crippen molar-refractivity contribution in [3.8, 4) is 0 Å². The van der Waals surface area contributed by atoms with E-state index in [1.165, 1.54) is 51.4 Å². The van der Waals surface area contributed by atoms with Gasteiger partial charge < -0.3 is 0 Å². The molecule has 1 aliphatic rings. The van der Waals surface area contributed by atoms with Crippen LogP contribution in [0.4, 0.5) is 0 Å². The third-order valence-corrected chi connectivity index (χ3v) is 2.43. The van der Waals surface area contributed by atoms with E-state index in [2.05, 4.69) is 18.6 Å². The van der Waals surface area contributed by atoms with Gasteiger partial charge in [-0.2, -0.15) is 0 Å². The van der Waals surface area contributed by atoms with Crippen molar-refractivity contribution in [3.05, 3.63) is 18.6 Å². The maximum Gasteiger partial charge on any atom is 0.00808 e. The summed E-state index contributed by atoms with van der Waals surface area (Å²) in [5.41, 5.74) is 0. The van der Waals surface area contributed by atoms with Crippen LogP contribution in [-0.2, 0) is 0 Å². The molecule has 0 amide bonds. The molecule has 0 atom stereocenters. The lowest BCUT2D eigenvalue weighted by molar-refractivity contribution is 0.578. The van der Waals surface area contributed by atoms with Crippen molar-refractivity contribution in [2.45, 2.75) is 57.8 Å². The Morgan fingerprint density at radius 2 is 1.42 bits per heavy atom. The molecular formula is C12H20. The van der Waals surface area contributed by atoms with Gasteiger partial charge in [0.15, 0.2) is 0 Å². The summed E-state index contributed by atoms with van der Waals surface area (Å²) in [7, 11) is 0. The minimum Gasteiger partial charge on any atom is -0.0879 e. The standard InChI is InChI=1S/C12H20/c1-2-4-6-8-10-12-11-9-7-5-3-1/h1-2H,3,5-12H2/b2-1+. The molecule has 1 rings (SSSR count). The van der Waals surface area contributed by atoms with Crippen molar-refractivity contribution >= 4 is 0 Å². The average molecular weight is 164 g/mol. The molecule has 0 unspecified atom stereocenters. The minimum absolute atomic E-state index is 1.16. The molecule has 0 aliphatic heterocycles. The largest absolute Gasteiger partial charge is 0.0879 e. The van der Waals surface area contributed by atoms with Gasteiger partial charge in [-0.25, -0.2) is 0 Å². The number of rotatable bonds is 0. The number of hydrogen-bond acceptors (Lipinski definition) is 0. The molecule has 0 saturated heterocycles. The molecule has 1 aliphatic carbocycles. The maximum atomic E-state index is 3.32. The average Bonchev–Trinajstić information content (AvgIpc) is 2.05. The zero-order chi connectivity index (χ0) is 8.49. The second kappa shape index (κ2) is 7.39. The third kappa shape index (κ3) is 5.40. The molecule has 0 aromatic rings. The SMILES string of the molecule is [C]1/C=C/CCCCCCCCC1. The second-order valence-electron chi connectivity index (χ2n) is 3.62. The first-order valence-electron chi connectivity index (χ1n) is 5.38. The maximum absolute atomic E-state index is 3.32. The van der Waals surface area contributed by atoms with E-state index < -0.39 is 0 Å². The van der Waals surface area contributed by atoms with E-state index in [1.54, 1.807) is 0 Å². The van der Waals surface area contributed by atoms with Gasteiger partial charge in [0.05, 0.1) is 0 Å². The van der Waals surface area contributed by atoms with Crippen molar-refractivity contribution in [1.29, 1.82) is 0 Å². The molecule has 0 spiro atoms. The van der Waals surface area contributed by atoms with Crippen LogP contribution in [0.15, 0.2) is 12.2 Å². The van der Waals surface area contributed by atoms with Gasteiger partial charge in [-0.05, 0) is 19.3 Å². The first kappa shape index (κ1) is 9.83. The molecule has 0 aromatic heterocycles. The zero-order valence-electron chi connectivity index (χ0n) is 8.02. The third-order valence-electron chi connectivity index (χ3n) is 2.43. The van der Waals surface area contributed by atoms with Gasteiger partial charge in [0.1, 0.15) is 0 Å². The molecule has 12 heavy (non-hydrogen) atoms. The normalized spacial score (nSPS) is 25.3. The predicted molar refractivity (Wildman–Crippen MR) is 53.9 cm³/mol. The predicted octanol–water partition coefficient (Wildman–Crippen LogP) is 4.15. The van der Waals surface area contributed by atoms with Crippen LogP contribution in [0.1, 0.15) is 57.8 Å². The molecule has 0 N–H and O–H groups in total. The summed E-state index contributed by atoms with van der Waals surface area (Å²) in [6.45, 7) is 0. The van der Waals surface area contributed by atoms with Gasteiger partial charge in [-0.1, -0.05) is 50.7 Å². The van der Waals surface area contributed by atoms with Gasteiger partial charge in [0, 0.05) is 6.42 Å². The van der Waals surface area contributed by atoms with E-state index in [0.717, 1.165) is 6.42 Å². The lowest BCUT2D eigenvalue weighted by Gasteiger charge is -2.02. The Bertz CT molecular complexity index is 99.2. The van der Waals surface area contributed by atoms with Gasteiger partial charge >= 0.3 is 0 Å². The summed E-state index contributed by atoms with van der Waals surface area (Å²) in [5.74, 6) is 0. The van der Waals surface area contributed by atoms with Crippen molar-refractivity contribution < 1.29 is 0 Å². The first-order chi connectivity index (χ1) is 6.00. The fourth-order valence-corrected chi connectivity index (χ4v) is 1.62. The number of hydrogen-bond donors (Lipinski definition) is 0. The van der Waals surface area contributed by atoms with E-state index >= 15 is 0 Å². The molecular weight excluding hydrogens is 144 g/mol. The summed E-state index contributed by atoms with van der Waals surface area (Å²) in [6, 6.07) is 0. The molecule has 68 valence electrons. The highest BCUT2D eigenvalue weighted by Gasteiger charge is 1.93. The van der Waals surface area contributed by atoms with E-state index in [1.807, 2.05) is 0 Å². The van der Waals surface area contributed by atoms with Gasteiger partial charge in [0.25, 0.3) is 0 Å². The monoisotopic (exact) mass is 164 g/mol. The van der Waals surface area contributed by atoms with Crippen LogP contribution in [0.2, 0.25) is 0 Å². The van der Waals surface area contributed by atoms with Crippen molar-refractivity contribution in [3.63, 3.8) is 0 Å². The Kier molecular flexibility index (Phi) is 6.05. The summed E-state index contributed by atoms with van der Waals surface area (Å²) < 4.78 is 0. The van der Waals surface area contributed by atoms with E-state index in [-0.39, 0.29) is 0 Å². The fourth-order valence-electron chi connectivity index (χ4n) is 1.62. The summed E-state index contributed by atoms with van der Waals surface area (Å²) in [6.07, 6.45) is 20.0. The highest BCUT2D eigenvalue weighted by atomic mass is 14.0. The molecule has 0 saturated carbocycles. The lowest BCUT2D eigenvalue weighted by atomic mass is 10.0. The molecule has 2 radical (unpaired) electrons. The summed E-state index contributed by atoms with van der Waals surface area (Å²) >= 11 is 0. The van der Waals surface area contributed by atoms with Crippen molar-refractivity contribution in [2.75, 3.05) is 0 Å². The smallest absolute Gasteiger partial charge is 0.00808 e. The second-order valence-corrected chi connectivity index (χ2v) is 3.62. The number of allylic oxidation sites excluding steroid dienone is 2. The molecule has 0 aromatic carbocycles. The van der Waals surface area contributed by atoms with Crippen LogP contribution in [-0.4, -0.2) is 0 Å². The van der Waals surface area contributed by atoms with E-state index in [4.69, 9.17) is 0 Å². The first-order valence-corrected chi connectivity index (χ1v) is 5.38. The van der Waals surface area contributed by atoms with Gasteiger partial charge in [0.2, 0.25) is 0 Å². The van der Waals surface area contributed by atoms with Crippen LogP contribution in [0.25, 0.3) is 0 Å². The Hall–Kier alpha value is -0.260. The molecule has 0 nitrogen and oxygen atoms in total. The Balaban J connectivity index is 2.10. The highest BCUT2D eigenvalue weighted by molar-refractivity contribution is 4.94. The minimum atomic E-state index is 1.16. The van der Waals surface area contributed by atoms with Crippen LogP contribution in [0.3, 0.4) is 0 Å². The zero-order valence-corrected chi connectivity index (χ0v) is 8.02. The topological polar surface area (TPSA) is 0 Å². The highest BCUT2D eigenvalue weighted by Crippen LogP contribution is 2.12. The van der Waals surface area contributed by atoms with Crippen molar-refractivity contribution in [1.82, 2.24) is 0 Å².